The number of carbonyl (C=O) groups excluding carboxylic acids is 1. The number of anilines is 1. The molecule has 124 valence electrons. The van der Waals surface area contributed by atoms with Gasteiger partial charge in [-0.25, -0.2) is 0 Å². The largest absolute Gasteiger partial charge is 0.416 e. The monoisotopic (exact) mass is 325 g/mol. The van der Waals surface area contributed by atoms with Crippen molar-refractivity contribution in [1.82, 2.24) is 4.90 Å². The normalized spacial score (nSPS) is 16.2. The van der Waals surface area contributed by atoms with Crippen LogP contribution in [0.4, 0.5) is 18.9 Å². The van der Waals surface area contributed by atoms with E-state index >= 15 is 0 Å². The molecule has 1 saturated heterocycles. The lowest BCUT2D eigenvalue weighted by Gasteiger charge is -2.24. The van der Waals surface area contributed by atoms with Crippen LogP contribution in [0.1, 0.15) is 30.9 Å². The highest BCUT2D eigenvalue weighted by atomic mass is 19.4. The van der Waals surface area contributed by atoms with Crippen LogP contribution in [0.3, 0.4) is 0 Å². The Hall–Kier alpha value is -2.23. The van der Waals surface area contributed by atoms with Gasteiger partial charge in [0, 0.05) is 19.6 Å². The summed E-state index contributed by atoms with van der Waals surface area (Å²) in [7, 11) is 0. The summed E-state index contributed by atoms with van der Waals surface area (Å²) in [6, 6.07) is 4.89. The van der Waals surface area contributed by atoms with Crippen molar-refractivity contribution in [2.24, 2.45) is 0 Å². The van der Waals surface area contributed by atoms with Crippen LogP contribution in [0.5, 0.6) is 0 Å². The van der Waals surface area contributed by atoms with E-state index in [0.29, 0.717) is 25.3 Å². The Labute approximate surface area is 133 Å². The Morgan fingerprint density at radius 2 is 2.04 bits per heavy atom. The summed E-state index contributed by atoms with van der Waals surface area (Å²) >= 11 is 0. The van der Waals surface area contributed by atoms with E-state index < -0.39 is 11.7 Å². The summed E-state index contributed by atoms with van der Waals surface area (Å²) in [5, 5.41) is 9.17. The predicted octanol–water partition coefficient (Wildman–Crippen LogP) is 3.03. The molecule has 4 nitrogen and oxygen atoms in total. The van der Waals surface area contributed by atoms with E-state index in [1.807, 2.05) is 13.0 Å². The van der Waals surface area contributed by atoms with Gasteiger partial charge < -0.3 is 9.80 Å². The van der Waals surface area contributed by atoms with Crippen molar-refractivity contribution >= 4 is 11.6 Å². The summed E-state index contributed by atoms with van der Waals surface area (Å²) in [5.74, 6) is -0.0619. The second kappa shape index (κ2) is 6.90. The van der Waals surface area contributed by atoms with Gasteiger partial charge in [-0.3, -0.25) is 4.79 Å². The van der Waals surface area contributed by atoms with Crippen LogP contribution < -0.4 is 4.90 Å². The zero-order valence-corrected chi connectivity index (χ0v) is 12.9. The molecule has 0 aliphatic carbocycles. The molecule has 7 heteroatoms. The highest BCUT2D eigenvalue weighted by Crippen LogP contribution is 2.33. The molecular weight excluding hydrogens is 307 g/mol. The van der Waals surface area contributed by atoms with Gasteiger partial charge in [-0.1, -0.05) is 6.92 Å². The molecule has 1 aromatic carbocycles. The third-order valence-electron chi connectivity index (χ3n) is 3.81. The predicted molar refractivity (Wildman–Crippen MR) is 79.9 cm³/mol. The first kappa shape index (κ1) is 17.1. The van der Waals surface area contributed by atoms with Gasteiger partial charge in [0.1, 0.15) is 6.07 Å². The van der Waals surface area contributed by atoms with E-state index in [4.69, 9.17) is 0 Å². The molecule has 23 heavy (non-hydrogen) atoms. The van der Waals surface area contributed by atoms with Crippen molar-refractivity contribution in [1.29, 1.82) is 5.26 Å². The molecule has 0 N–H and O–H groups in total. The molecular formula is C16H18F3N3O. The van der Waals surface area contributed by atoms with Gasteiger partial charge >= 0.3 is 6.18 Å². The van der Waals surface area contributed by atoms with Crippen molar-refractivity contribution < 1.29 is 18.0 Å². The number of carbonyl (C=O) groups is 1. The summed E-state index contributed by atoms with van der Waals surface area (Å²) in [6.45, 7) is 3.90. The van der Waals surface area contributed by atoms with Crippen molar-refractivity contribution in [2.45, 2.75) is 25.9 Å². The van der Waals surface area contributed by atoms with E-state index in [9.17, 15) is 23.2 Å². The molecule has 1 aliphatic rings. The minimum Gasteiger partial charge on any atom is -0.361 e. The number of hydrogen-bond donors (Lipinski definition) is 0. The Morgan fingerprint density at radius 3 is 2.65 bits per heavy atom. The number of amides is 1. The van der Waals surface area contributed by atoms with Crippen LogP contribution in [-0.4, -0.2) is 37.0 Å². The first-order valence-electron chi connectivity index (χ1n) is 7.51. The lowest BCUT2D eigenvalue weighted by Crippen LogP contribution is -2.37. The third-order valence-corrected chi connectivity index (χ3v) is 3.81. The average molecular weight is 325 g/mol. The zero-order valence-electron chi connectivity index (χ0n) is 12.9. The summed E-state index contributed by atoms with van der Waals surface area (Å²) in [6.07, 6.45) is -2.91. The standard InChI is InChI=1S/C16H18F3N3O/c1-2-6-21-7-3-8-22(11-15(21)23)14-5-4-13(16(17,18)19)9-12(14)10-20/h4-5,9H,2-3,6-8,11H2,1H3. The minimum absolute atomic E-state index is 0.0587. The second-order valence-corrected chi connectivity index (χ2v) is 5.50. The number of halogens is 3. The highest BCUT2D eigenvalue weighted by Gasteiger charge is 2.32. The van der Waals surface area contributed by atoms with E-state index in [1.54, 1.807) is 9.80 Å². The first-order chi connectivity index (χ1) is 10.9. The maximum atomic E-state index is 12.8. The summed E-state index contributed by atoms with van der Waals surface area (Å²) < 4.78 is 38.3. The van der Waals surface area contributed by atoms with Crippen LogP contribution >= 0.6 is 0 Å². The molecule has 1 fully saturated rings. The van der Waals surface area contributed by atoms with Crippen molar-refractivity contribution in [2.75, 3.05) is 31.1 Å². The molecule has 0 bridgehead atoms. The number of nitrogens with zero attached hydrogens (tertiary/aromatic N) is 3. The van der Waals surface area contributed by atoms with Crippen LogP contribution in [0.15, 0.2) is 18.2 Å². The molecule has 0 spiro atoms. The van der Waals surface area contributed by atoms with E-state index in [2.05, 4.69) is 0 Å². The molecule has 0 saturated carbocycles. The Kier molecular flexibility index (Phi) is 5.14. The van der Waals surface area contributed by atoms with Crippen LogP contribution in [0.2, 0.25) is 0 Å². The van der Waals surface area contributed by atoms with Gasteiger partial charge in [0.15, 0.2) is 0 Å². The third kappa shape index (κ3) is 3.95. The second-order valence-electron chi connectivity index (χ2n) is 5.50. The van der Waals surface area contributed by atoms with Gasteiger partial charge in [0.05, 0.1) is 23.4 Å². The fourth-order valence-electron chi connectivity index (χ4n) is 2.71. The van der Waals surface area contributed by atoms with Gasteiger partial charge in [0.25, 0.3) is 0 Å². The molecule has 1 aliphatic heterocycles. The van der Waals surface area contributed by atoms with E-state index in [0.717, 1.165) is 25.0 Å². The number of hydrogen-bond acceptors (Lipinski definition) is 3. The minimum atomic E-state index is -4.49. The number of nitriles is 1. The van der Waals surface area contributed by atoms with Gasteiger partial charge in [-0.15, -0.1) is 0 Å². The SMILES string of the molecule is CCCN1CCCN(c2ccc(C(F)(F)F)cc2C#N)CC1=O. The lowest BCUT2D eigenvalue weighted by atomic mass is 10.1. The quantitative estimate of drug-likeness (QED) is 0.858. The van der Waals surface area contributed by atoms with Crippen LogP contribution in [-0.2, 0) is 11.0 Å². The molecule has 1 aromatic rings. The average Bonchev–Trinajstić information content (AvgIpc) is 2.68. The van der Waals surface area contributed by atoms with E-state index in [-0.39, 0.29) is 18.0 Å². The maximum Gasteiger partial charge on any atom is 0.416 e. The smallest absolute Gasteiger partial charge is 0.361 e. The van der Waals surface area contributed by atoms with E-state index in [1.165, 1.54) is 6.07 Å². The number of alkyl halides is 3. The maximum absolute atomic E-state index is 12.8. The van der Waals surface area contributed by atoms with Crippen LogP contribution in [0, 0.1) is 11.3 Å². The van der Waals surface area contributed by atoms with Gasteiger partial charge in [-0.2, -0.15) is 18.4 Å². The Bertz CT molecular complexity index is 622. The highest BCUT2D eigenvalue weighted by molar-refractivity contribution is 5.82. The molecule has 0 unspecified atom stereocenters. The number of rotatable bonds is 3. The summed E-state index contributed by atoms with van der Waals surface area (Å²) in [4.78, 5) is 15.7. The molecule has 2 rings (SSSR count). The van der Waals surface area contributed by atoms with Crippen molar-refractivity contribution in [3.8, 4) is 6.07 Å². The molecule has 1 heterocycles. The first-order valence-corrected chi connectivity index (χ1v) is 7.51. The topological polar surface area (TPSA) is 47.3 Å². The van der Waals surface area contributed by atoms with Gasteiger partial charge in [0.2, 0.25) is 5.91 Å². The zero-order chi connectivity index (χ0) is 17.0. The lowest BCUT2D eigenvalue weighted by molar-refractivity contribution is -0.137. The Balaban J connectivity index is 2.28. The number of benzene rings is 1. The van der Waals surface area contributed by atoms with Crippen molar-refractivity contribution in [3.05, 3.63) is 29.3 Å². The fraction of sp³-hybridized carbons (Fsp3) is 0.500. The molecule has 0 radical (unpaired) electrons. The molecule has 0 aromatic heterocycles. The van der Waals surface area contributed by atoms with Crippen LogP contribution in [0.25, 0.3) is 0 Å². The summed E-state index contributed by atoms with van der Waals surface area (Å²) in [5.41, 5.74) is -0.532. The molecule has 0 atom stereocenters. The van der Waals surface area contributed by atoms with Gasteiger partial charge in [-0.05, 0) is 31.0 Å². The fourth-order valence-corrected chi connectivity index (χ4v) is 2.71. The van der Waals surface area contributed by atoms with Crippen molar-refractivity contribution in [3.63, 3.8) is 0 Å². The molecule has 1 amide bonds. The Morgan fingerprint density at radius 1 is 1.30 bits per heavy atom.